The zero-order valence-electron chi connectivity index (χ0n) is 16.4. The first kappa shape index (κ1) is 19.9. The van der Waals surface area contributed by atoms with E-state index in [1.165, 1.54) is 25.7 Å². The predicted molar refractivity (Wildman–Crippen MR) is 110 cm³/mol. The standard InChI is InChI=1S/C21H30N4OS/c1-3-18(16-10-5-4-6-11-16)20(26)22-15-9-14-19-23-24-21(27-2)25(19)17-12-7-8-13-17/h4-6,10-11,17-18H,3,7-9,12-15H2,1-2H3,(H,22,26). The lowest BCUT2D eigenvalue weighted by molar-refractivity contribution is -0.122. The van der Waals surface area contributed by atoms with Gasteiger partial charge in [0.05, 0.1) is 5.92 Å². The Morgan fingerprint density at radius 1 is 1.26 bits per heavy atom. The van der Waals surface area contributed by atoms with E-state index in [1.807, 2.05) is 30.3 Å². The molecule has 1 heterocycles. The van der Waals surface area contributed by atoms with Gasteiger partial charge in [-0.2, -0.15) is 0 Å². The van der Waals surface area contributed by atoms with Gasteiger partial charge in [0.25, 0.3) is 0 Å². The lowest BCUT2D eigenvalue weighted by Crippen LogP contribution is -2.30. The number of rotatable bonds is 9. The zero-order chi connectivity index (χ0) is 19.1. The number of hydrogen-bond donors (Lipinski definition) is 1. The van der Waals surface area contributed by atoms with Gasteiger partial charge in [-0.15, -0.1) is 10.2 Å². The third kappa shape index (κ3) is 4.92. The van der Waals surface area contributed by atoms with Crippen molar-refractivity contribution in [3.63, 3.8) is 0 Å². The van der Waals surface area contributed by atoms with Crippen LogP contribution in [0, 0.1) is 0 Å². The van der Waals surface area contributed by atoms with Gasteiger partial charge < -0.3 is 9.88 Å². The van der Waals surface area contributed by atoms with Crippen molar-refractivity contribution in [3.05, 3.63) is 41.7 Å². The van der Waals surface area contributed by atoms with Crippen LogP contribution >= 0.6 is 11.8 Å². The highest BCUT2D eigenvalue weighted by atomic mass is 32.2. The van der Waals surface area contributed by atoms with E-state index in [2.05, 4.69) is 33.3 Å². The molecule has 1 aromatic carbocycles. The normalized spacial score (nSPS) is 15.8. The summed E-state index contributed by atoms with van der Waals surface area (Å²) >= 11 is 1.67. The lowest BCUT2D eigenvalue weighted by Gasteiger charge is -2.17. The Balaban J connectivity index is 1.53. The van der Waals surface area contributed by atoms with Crippen molar-refractivity contribution in [2.24, 2.45) is 0 Å². The fourth-order valence-electron chi connectivity index (χ4n) is 3.99. The molecule has 0 spiro atoms. The Labute approximate surface area is 166 Å². The van der Waals surface area contributed by atoms with E-state index in [1.54, 1.807) is 11.8 Å². The minimum atomic E-state index is -0.0727. The van der Waals surface area contributed by atoms with Crippen LogP contribution in [-0.2, 0) is 11.2 Å². The van der Waals surface area contributed by atoms with E-state index in [9.17, 15) is 4.79 Å². The molecule has 146 valence electrons. The van der Waals surface area contributed by atoms with Gasteiger partial charge in [0.2, 0.25) is 5.91 Å². The second-order valence-electron chi connectivity index (χ2n) is 7.18. The highest BCUT2D eigenvalue weighted by Crippen LogP contribution is 2.33. The monoisotopic (exact) mass is 386 g/mol. The number of hydrogen-bond acceptors (Lipinski definition) is 4. The van der Waals surface area contributed by atoms with Gasteiger partial charge >= 0.3 is 0 Å². The van der Waals surface area contributed by atoms with Crippen molar-refractivity contribution in [1.29, 1.82) is 0 Å². The molecular weight excluding hydrogens is 356 g/mol. The molecule has 0 bridgehead atoms. The molecule has 0 saturated heterocycles. The van der Waals surface area contributed by atoms with Gasteiger partial charge in [0.1, 0.15) is 5.82 Å². The summed E-state index contributed by atoms with van der Waals surface area (Å²) in [5, 5.41) is 12.9. The molecule has 0 radical (unpaired) electrons. The molecular formula is C21H30N4OS. The van der Waals surface area contributed by atoms with Crippen LogP contribution in [0.4, 0.5) is 0 Å². The van der Waals surface area contributed by atoms with Gasteiger partial charge in [0.15, 0.2) is 5.16 Å². The van der Waals surface area contributed by atoms with Crippen LogP contribution in [0.25, 0.3) is 0 Å². The van der Waals surface area contributed by atoms with Crippen molar-refractivity contribution in [2.75, 3.05) is 12.8 Å². The number of aromatic nitrogens is 3. The summed E-state index contributed by atoms with van der Waals surface area (Å²) in [4.78, 5) is 12.6. The summed E-state index contributed by atoms with van der Waals surface area (Å²) in [5.74, 6) is 1.11. The fourth-order valence-corrected chi connectivity index (χ4v) is 4.56. The van der Waals surface area contributed by atoms with Crippen molar-refractivity contribution < 1.29 is 4.79 Å². The number of carbonyl (C=O) groups is 1. The fraction of sp³-hybridized carbons (Fsp3) is 0.571. The summed E-state index contributed by atoms with van der Waals surface area (Å²) in [7, 11) is 0. The molecule has 0 aliphatic heterocycles. The highest BCUT2D eigenvalue weighted by Gasteiger charge is 2.23. The molecule has 5 nitrogen and oxygen atoms in total. The Morgan fingerprint density at radius 2 is 2.00 bits per heavy atom. The molecule has 1 amide bonds. The molecule has 1 aliphatic rings. The highest BCUT2D eigenvalue weighted by molar-refractivity contribution is 7.98. The van der Waals surface area contributed by atoms with Crippen molar-refractivity contribution in [1.82, 2.24) is 20.1 Å². The first-order valence-corrected chi connectivity index (χ1v) is 11.3. The van der Waals surface area contributed by atoms with Gasteiger partial charge in [0, 0.05) is 19.0 Å². The summed E-state index contributed by atoms with van der Waals surface area (Å²) in [6.45, 7) is 2.74. The molecule has 27 heavy (non-hydrogen) atoms. The Morgan fingerprint density at radius 3 is 2.67 bits per heavy atom. The Bertz CT molecular complexity index is 725. The third-order valence-electron chi connectivity index (χ3n) is 5.41. The van der Waals surface area contributed by atoms with E-state index in [0.717, 1.165) is 35.8 Å². The number of aryl methyl sites for hydroxylation is 1. The van der Waals surface area contributed by atoms with Gasteiger partial charge in [-0.3, -0.25) is 4.79 Å². The number of nitrogens with one attached hydrogen (secondary N) is 1. The zero-order valence-corrected chi connectivity index (χ0v) is 17.2. The van der Waals surface area contributed by atoms with E-state index in [-0.39, 0.29) is 11.8 Å². The van der Waals surface area contributed by atoms with Crippen LogP contribution in [0.5, 0.6) is 0 Å². The first-order chi connectivity index (χ1) is 13.2. The molecule has 1 atom stereocenters. The van der Waals surface area contributed by atoms with Crippen molar-refractivity contribution in [3.8, 4) is 0 Å². The third-order valence-corrected chi connectivity index (χ3v) is 6.05. The predicted octanol–water partition coefficient (Wildman–Crippen LogP) is 4.36. The van der Waals surface area contributed by atoms with Crippen LogP contribution in [0.15, 0.2) is 35.5 Å². The number of amides is 1. The van der Waals surface area contributed by atoms with E-state index in [4.69, 9.17) is 0 Å². The molecule has 1 aromatic heterocycles. The second-order valence-corrected chi connectivity index (χ2v) is 7.95. The summed E-state index contributed by atoms with van der Waals surface area (Å²) in [6.07, 6.45) is 9.66. The summed E-state index contributed by atoms with van der Waals surface area (Å²) in [5.41, 5.74) is 1.09. The average molecular weight is 387 g/mol. The molecule has 1 N–H and O–H groups in total. The number of thioether (sulfide) groups is 1. The molecule has 1 saturated carbocycles. The number of benzene rings is 1. The number of nitrogens with zero attached hydrogens (tertiary/aromatic N) is 3. The van der Waals surface area contributed by atoms with Crippen molar-refractivity contribution in [2.45, 2.75) is 69.0 Å². The quantitative estimate of drug-likeness (QED) is 0.514. The molecule has 1 unspecified atom stereocenters. The maximum absolute atomic E-state index is 12.6. The van der Waals surface area contributed by atoms with Gasteiger partial charge in [-0.1, -0.05) is 61.9 Å². The van der Waals surface area contributed by atoms with E-state index < -0.39 is 0 Å². The smallest absolute Gasteiger partial charge is 0.227 e. The van der Waals surface area contributed by atoms with Gasteiger partial charge in [-0.25, -0.2) is 0 Å². The van der Waals surface area contributed by atoms with Crippen LogP contribution in [0.3, 0.4) is 0 Å². The SMILES string of the molecule is CCC(C(=O)NCCCc1nnc(SC)n1C1CCCC1)c1ccccc1. The minimum absolute atomic E-state index is 0.0727. The Hall–Kier alpha value is -1.82. The van der Waals surface area contributed by atoms with Crippen LogP contribution in [0.2, 0.25) is 0 Å². The maximum atomic E-state index is 12.6. The minimum Gasteiger partial charge on any atom is -0.356 e. The van der Waals surface area contributed by atoms with Crippen LogP contribution in [0.1, 0.15) is 68.8 Å². The number of carbonyl (C=O) groups excluding carboxylic acids is 1. The molecule has 1 aliphatic carbocycles. The molecule has 1 fully saturated rings. The van der Waals surface area contributed by atoms with E-state index >= 15 is 0 Å². The molecule has 6 heteroatoms. The average Bonchev–Trinajstić information content (AvgIpc) is 3.36. The van der Waals surface area contributed by atoms with E-state index in [0.29, 0.717) is 12.6 Å². The second kappa shape index (κ2) is 9.93. The Kier molecular flexibility index (Phi) is 7.33. The maximum Gasteiger partial charge on any atom is 0.227 e. The summed E-state index contributed by atoms with van der Waals surface area (Å²) < 4.78 is 2.35. The van der Waals surface area contributed by atoms with Crippen LogP contribution in [-0.4, -0.2) is 33.5 Å². The van der Waals surface area contributed by atoms with Crippen molar-refractivity contribution >= 4 is 17.7 Å². The topological polar surface area (TPSA) is 59.8 Å². The lowest BCUT2D eigenvalue weighted by atomic mass is 9.95. The molecule has 3 rings (SSSR count). The van der Waals surface area contributed by atoms with Crippen LogP contribution < -0.4 is 5.32 Å². The largest absolute Gasteiger partial charge is 0.356 e. The van der Waals surface area contributed by atoms with Gasteiger partial charge in [-0.05, 0) is 37.5 Å². The molecule has 2 aromatic rings. The summed E-state index contributed by atoms with van der Waals surface area (Å²) in [6, 6.07) is 10.6. The first-order valence-electron chi connectivity index (χ1n) is 10.0.